The molecule has 0 fully saturated rings. The van der Waals surface area contributed by atoms with Crippen molar-refractivity contribution in [3.63, 3.8) is 0 Å². The molecule has 6 N–H and O–H groups in total. The van der Waals surface area contributed by atoms with E-state index in [2.05, 4.69) is 5.73 Å². The summed E-state index contributed by atoms with van der Waals surface area (Å²) in [5, 5.41) is 32.6. The molecule has 0 aliphatic heterocycles. The van der Waals surface area contributed by atoms with Crippen LogP contribution in [-0.4, -0.2) is 39.0 Å². The van der Waals surface area contributed by atoms with Gasteiger partial charge in [-0.2, -0.15) is 0 Å². The van der Waals surface area contributed by atoms with Crippen LogP contribution in [0, 0.1) is 0 Å². The second kappa shape index (κ2) is 2.95. The van der Waals surface area contributed by atoms with Crippen molar-refractivity contribution < 1.29 is 20.4 Å². The highest BCUT2D eigenvalue weighted by Gasteiger charge is 2.18. The molecule has 50 valence electrons. The fourth-order valence-electron chi connectivity index (χ4n) is 0.176. The topological polar surface area (TPSA) is 107 Å². The Morgan fingerprint density at radius 2 is 1.38 bits per heavy atom. The predicted molar refractivity (Wildman–Crippen MR) is 24.4 cm³/mol. The minimum atomic E-state index is -1.98. The van der Waals surface area contributed by atoms with E-state index in [1.165, 1.54) is 0 Å². The summed E-state index contributed by atoms with van der Waals surface area (Å²) in [6, 6.07) is 0. The summed E-state index contributed by atoms with van der Waals surface area (Å²) in [6.45, 7) is 0. The van der Waals surface area contributed by atoms with Gasteiger partial charge in [0, 0.05) is 0 Å². The summed E-state index contributed by atoms with van der Waals surface area (Å²) >= 11 is 0. The molecule has 0 aromatic carbocycles. The lowest BCUT2D eigenvalue weighted by atomic mass is 10.3. The van der Waals surface area contributed by atoms with E-state index in [0.717, 1.165) is 0 Å². The molecule has 2 unspecified atom stereocenters. The Kier molecular flexibility index (Phi) is 2.88. The minimum absolute atomic E-state index is 1.60. The van der Waals surface area contributed by atoms with Gasteiger partial charge in [0.2, 0.25) is 0 Å². The van der Waals surface area contributed by atoms with Crippen molar-refractivity contribution >= 4 is 0 Å². The first-order chi connectivity index (χ1) is 3.55. The van der Waals surface area contributed by atoms with Gasteiger partial charge in [-0.1, -0.05) is 0 Å². The molecule has 0 aromatic rings. The van der Waals surface area contributed by atoms with Crippen molar-refractivity contribution in [2.45, 2.75) is 18.6 Å². The van der Waals surface area contributed by atoms with Crippen molar-refractivity contribution in [1.29, 1.82) is 0 Å². The van der Waals surface area contributed by atoms with Crippen LogP contribution in [0.5, 0.6) is 0 Å². The average molecular weight is 123 g/mol. The van der Waals surface area contributed by atoms with Crippen LogP contribution in [0.3, 0.4) is 0 Å². The molecule has 0 radical (unpaired) electrons. The molecule has 5 heteroatoms. The second-order valence-corrected chi connectivity index (χ2v) is 1.39. The molecule has 2 atom stereocenters. The molecule has 0 aromatic heterocycles. The molecule has 0 amide bonds. The molecule has 0 heterocycles. The number of aliphatic hydroxyl groups is 4. The molecule has 0 saturated heterocycles. The first-order valence-electron chi connectivity index (χ1n) is 2.03. The average Bonchev–Trinajstić information content (AvgIpc) is 1.64. The van der Waals surface area contributed by atoms with Crippen molar-refractivity contribution in [3.8, 4) is 0 Å². The molecular weight excluding hydrogens is 114 g/mol. The van der Waals surface area contributed by atoms with E-state index in [9.17, 15) is 0 Å². The van der Waals surface area contributed by atoms with Crippen LogP contribution in [0.25, 0.3) is 0 Å². The van der Waals surface area contributed by atoms with Crippen molar-refractivity contribution in [2.24, 2.45) is 5.73 Å². The Hall–Kier alpha value is -0.200. The van der Waals surface area contributed by atoms with Crippen LogP contribution in [-0.2, 0) is 0 Å². The van der Waals surface area contributed by atoms with Crippen LogP contribution < -0.4 is 5.73 Å². The van der Waals surface area contributed by atoms with Crippen LogP contribution in [0.4, 0.5) is 0 Å². The smallest absolute Gasteiger partial charge is 0.182 e. The monoisotopic (exact) mass is 123 g/mol. The van der Waals surface area contributed by atoms with E-state index in [4.69, 9.17) is 20.4 Å². The lowest BCUT2D eigenvalue weighted by molar-refractivity contribution is -0.156. The minimum Gasteiger partial charge on any atom is -0.384 e. The molecule has 0 bridgehead atoms. The fourth-order valence-corrected chi connectivity index (χ4v) is 0.176. The molecule has 8 heavy (non-hydrogen) atoms. The highest BCUT2D eigenvalue weighted by atomic mass is 16.5. The zero-order valence-corrected chi connectivity index (χ0v) is 4.10. The van der Waals surface area contributed by atoms with Crippen molar-refractivity contribution in [3.05, 3.63) is 0 Å². The third-order valence-electron chi connectivity index (χ3n) is 0.655. The van der Waals surface area contributed by atoms with E-state index < -0.39 is 18.6 Å². The highest BCUT2D eigenvalue weighted by Crippen LogP contribution is 1.89. The van der Waals surface area contributed by atoms with Crippen LogP contribution in [0.15, 0.2) is 0 Å². The van der Waals surface area contributed by atoms with Gasteiger partial charge in [-0.05, 0) is 0 Å². The molecule has 0 aliphatic carbocycles. The lowest BCUT2D eigenvalue weighted by Crippen LogP contribution is -2.42. The summed E-state index contributed by atoms with van der Waals surface area (Å²) in [6.07, 6.45) is -5.26. The quantitative estimate of drug-likeness (QED) is 0.250. The third kappa shape index (κ3) is 2.20. The Morgan fingerprint density at radius 3 is 1.38 bits per heavy atom. The lowest BCUT2D eigenvalue weighted by Gasteiger charge is -2.13. The summed E-state index contributed by atoms with van der Waals surface area (Å²) < 4.78 is 0. The molecule has 0 rings (SSSR count). The standard InChI is InChI=1S/C3H9NO4/c4-2(6)1(5)3(7)8/h1-3,5-8H,4H2. The first kappa shape index (κ1) is 7.80. The number of hydrogen-bond acceptors (Lipinski definition) is 5. The third-order valence-corrected chi connectivity index (χ3v) is 0.655. The van der Waals surface area contributed by atoms with Gasteiger partial charge in [0.15, 0.2) is 6.29 Å². The molecule has 0 spiro atoms. The van der Waals surface area contributed by atoms with E-state index in [-0.39, 0.29) is 0 Å². The Bertz CT molecular complexity index is 56.3. The van der Waals surface area contributed by atoms with Gasteiger partial charge in [0.1, 0.15) is 12.3 Å². The predicted octanol–water partition coefficient (Wildman–Crippen LogP) is -3.06. The number of rotatable bonds is 2. The van der Waals surface area contributed by atoms with Crippen LogP contribution in [0.1, 0.15) is 0 Å². The van der Waals surface area contributed by atoms with Crippen molar-refractivity contribution in [1.82, 2.24) is 0 Å². The van der Waals surface area contributed by atoms with Gasteiger partial charge >= 0.3 is 0 Å². The van der Waals surface area contributed by atoms with Gasteiger partial charge in [0.05, 0.1) is 0 Å². The van der Waals surface area contributed by atoms with Crippen LogP contribution >= 0.6 is 0 Å². The van der Waals surface area contributed by atoms with E-state index >= 15 is 0 Å². The zero-order valence-electron chi connectivity index (χ0n) is 4.10. The zero-order chi connectivity index (χ0) is 6.73. The molecule has 0 aliphatic rings. The van der Waals surface area contributed by atoms with Gasteiger partial charge in [-0.3, -0.25) is 0 Å². The van der Waals surface area contributed by atoms with Gasteiger partial charge in [-0.25, -0.2) is 0 Å². The number of hydrogen-bond donors (Lipinski definition) is 5. The molecule has 0 saturated carbocycles. The Balaban J connectivity index is 3.46. The van der Waals surface area contributed by atoms with Crippen LogP contribution in [0.2, 0.25) is 0 Å². The molecule has 5 nitrogen and oxygen atoms in total. The summed E-state index contributed by atoms with van der Waals surface area (Å²) in [5.41, 5.74) is 4.62. The van der Waals surface area contributed by atoms with Gasteiger partial charge in [-0.15, -0.1) is 0 Å². The van der Waals surface area contributed by atoms with Crippen molar-refractivity contribution in [2.75, 3.05) is 0 Å². The highest BCUT2D eigenvalue weighted by molar-refractivity contribution is 4.60. The van der Waals surface area contributed by atoms with E-state index in [0.29, 0.717) is 0 Å². The maximum atomic E-state index is 8.33. The first-order valence-corrected chi connectivity index (χ1v) is 2.03. The second-order valence-electron chi connectivity index (χ2n) is 1.39. The van der Waals surface area contributed by atoms with E-state index in [1.54, 1.807) is 0 Å². The maximum absolute atomic E-state index is 8.33. The Morgan fingerprint density at radius 1 is 1.00 bits per heavy atom. The largest absolute Gasteiger partial charge is 0.384 e. The molecular formula is C3H9NO4. The van der Waals surface area contributed by atoms with Gasteiger partial charge < -0.3 is 26.2 Å². The fraction of sp³-hybridized carbons (Fsp3) is 1.00. The SMILES string of the molecule is NC(O)C(O)C(O)O. The Labute approximate surface area is 46.0 Å². The normalized spacial score (nSPS) is 18.8. The summed E-state index contributed by atoms with van der Waals surface area (Å²) in [5.74, 6) is 0. The summed E-state index contributed by atoms with van der Waals surface area (Å²) in [4.78, 5) is 0. The van der Waals surface area contributed by atoms with E-state index in [1.807, 2.05) is 0 Å². The summed E-state index contributed by atoms with van der Waals surface area (Å²) in [7, 11) is 0. The number of nitrogens with two attached hydrogens (primary N) is 1. The van der Waals surface area contributed by atoms with Gasteiger partial charge in [0.25, 0.3) is 0 Å². The maximum Gasteiger partial charge on any atom is 0.182 e. The number of aliphatic hydroxyl groups excluding tert-OH is 3.